The molecule has 1 atom stereocenters. The maximum atomic E-state index is 13.3. The fourth-order valence-corrected chi connectivity index (χ4v) is 3.03. The van der Waals surface area contributed by atoms with E-state index in [0.29, 0.717) is 13.0 Å². The number of rotatable bonds is 4. The van der Waals surface area contributed by atoms with Crippen molar-refractivity contribution in [3.63, 3.8) is 0 Å². The van der Waals surface area contributed by atoms with Gasteiger partial charge in [0.05, 0.1) is 12.3 Å². The number of esters is 1. The Hall–Kier alpha value is -2.37. The third-order valence-corrected chi connectivity index (χ3v) is 4.33. The lowest BCUT2D eigenvalue weighted by atomic mass is 9.90. The standard InChI is InChI=1S/C17H19FN2O3/c1-17(2)13(8-15(21)23-17)16(22)19-6-5-10-9-20-14-4-3-11(18)7-12(10)14/h3-4,7,9,13,20H,5-6,8H2,1-2H3,(H,19,22)/t13-/m0/s1. The summed E-state index contributed by atoms with van der Waals surface area (Å²) in [5.41, 5.74) is 1.03. The number of H-pyrrole nitrogens is 1. The summed E-state index contributed by atoms with van der Waals surface area (Å²) < 4.78 is 18.5. The number of nitrogens with one attached hydrogen (secondary N) is 2. The quantitative estimate of drug-likeness (QED) is 0.850. The normalized spacial score (nSPS) is 19.8. The number of aromatic nitrogens is 1. The highest BCUT2D eigenvalue weighted by atomic mass is 19.1. The second-order valence-corrected chi connectivity index (χ2v) is 6.38. The Balaban J connectivity index is 1.61. The number of carbonyl (C=O) groups is 2. The van der Waals surface area contributed by atoms with Gasteiger partial charge in [-0.2, -0.15) is 0 Å². The number of benzene rings is 1. The number of hydrogen-bond acceptors (Lipinski definition) is 3. The first-order chi connectivity index (χ1) is 10.9. The van der Waals surface area contributed by atoms with E-state index in [4.69, 9.17) is 4.74 Å². The van der Waals surface area contributed by atoms with Crippen molar-refractivity contribution < 1.29 is 18.7 Å². The van der Waals surface area contributed by atoms with Crippen LogP contribution < -0.4 is 5.32 Å². The van der Waals surface area contributed by atoms with Crippen LogP contribution in [0.25, 0.3) is 10.9 Å². The van der Waals surface area contributed by atoms with Crippen molar-refractivity contribution in [3.8, 4) is 0 Å². The molecule has 0 unspecified atom stereocenters. The van der Waals surface area contributed by atoms with Gasteiger partial charge in [0.2, 0.25) is 5.91 Å². The average molecular weight is 318 g/mol. The van der Waals surface area contributed by atoms with Gasteiger partial charge in [0.25, 0.3) is 0 Å². The molecule has 1 saturated heterocycles. The summed E-state index contributed by atoms with van der Waals surface area (Å²) >= 11 is 0. The monoisotopic (exact) mass is 318 g/mol. The molecule has 2 N–H and O–H groups in total. The largest absolute Gasteiger partial charge is 0.459 e. The number of carbonyl (C=O) groups excluding carboxylic acids is 2. The van der Waals surface area contributed by atoms with Crippen LogP contribution in [0.1, 0.15) is 25.8 Å². The van der Waals surface area contributed by atoms with Gasteiger partial charge in [-0.3, -0.25) is 9.59 Å². The number of aromatic amines is 1. The topological polar surface area (TPSA) is 71.2 Å². The van der Waals surface area contributed by atoms with E-state index in [2.05, 4.69) is 10.3 Å². The first kappa shape index (κ1) is 15.5. The molecule has 1 aromatic carbocycles. The maximum absolute atomic E-state index is 13.3. The molecule has 1 fully saturated rings. The van der Waals surface area contributed by atoms with E-state index in [1.165, 1.54) is 12.1 Å². The Bertz CT molecular complexity index is 766. The summed E-state index contributed by atoms with van der Waals surface area (Å²) in [4.78, 5) is 26.7. The Morgan fingerprint density at radius 3 is 2.96 bits per heavy atom. The molecule has 3 rings (SSSR count). The molecule has 2 heterocycles. The molecule has 1 aromatic heterocycles. The number of fused-ring (bicyclic) bond motifs is 1. The molecule has 1 aliphatic heterocycles. The van der Waals surface area contributed by atoms with Crippen molar-refractivity contribution >= 4 is 22.8 Å². The van der Waals surface area contributed by atoms with Crippen molar-refractivity contribution in [1.29, 1.82) is 0 Å². The molecule has 1 amide bonds. The van der Waals surface area contributed by atoms with E-state index in [9.17, 15) is 14.0 Å². The van der Waals surface area contributed by atoms with Crippen LogP contribution in [0.3, 0.4) is 0 Å². The summed E-state index contributed by atoms with van der Waals surface area (Å²) in [7, 11) is 0. The minimum atomic E-state index is -0.773. The molecule has 0 saturated carbocycles. The second-order valence-electron chi connectivity index (χ2n) is 6.38. The van der Waals surface area contributed by atoms with Crippen molar-refractivity contribution in [1.82, 2.24) is 10.3 Å². The molecule has 2 aromatic rings. The van der Waals surface area contributed by atoms with E-state index in [-0.39, 0.29) is 24.1 Å². The fourth-order valence-electron chi connectivity index (χ4n) is 3.03. The van der Waals surface area contributed by atoms with Crippen LogP contribution in [0.5, 0.6) is 0 Å². The zero-order valence-corrected chi connectivity index (χ0v) is 13.1. The van der Waals surface area contributed by atoms with E-state index in [1.54, 1.807) is 19.9 Å². The third kappa shape index (κ3) is 3.06. The molecule has 0 bridgehead atoms. The van der Waals surface area contributed by atoms with E-state index < -0.39 is 11.5 Å². The number of hydrogen-bond donors (Lipinski definition) is 2. The molecular formula is C17H19FN2O3. The lowest BCUT2D eigenvalue weighted by molar-refractivity contribution is -0.147. The van der Waals surface area contributed by atoms with Gasteiger partial charge < -0.3 is 15.0 Å². The highest BCUT2D eigenvalue weighted by Gasteiger charge is 2.45. The lowest BCUT2D eigenvalue weighted by Crippen LogP contribution is -2.41. The minimum absolute atomic E-state index is 0.108. The zero-order chi connectivity index (χ0) is 16.6. The number of amides is 1. The van der Waals surface area contributed by atoms with Gasteiger partial charge in [0, 0.05) is 23.6 Å². The molecule has 1 aliphatic rings. The van der Waals surface area contributed by atoms with Crippen LogP contribution in [0.2, 0.25) is 0 Å². The van der Waals surface area contributed by atoms with Crippen LogP contribution in [0.4, 0.5) is 4.39 Å². The van der Waals surface area contributed by atoms with E-state index in [0.717, 1.165) is 16.5 Å². The van der Waals surface area contributed by atoms with Crippen LogP contribution >= 0.6 is 0 Å². The van der Waals surface area contributed by atoms with Crippen LogP contribution in [-0.2, 0) is 20.7 Å². The van der Waals surface area contributed by atoms with Crippen LogP contribution in [-0.4, -0.2) is 29.0 Å². The first-order valence-electron chi connectivity index (χ1n) is 7.62. The summed E-state index contributed by atoms with van der Waals surface area (Å²) in [6, 6.07) is 4.58. The Morgan fingerprint density at radius 2 is 2.26 bits per heavy atom. The molecule has 6 heteroatoms. The number of ether oxygens (including phenoxy) is 1. The predicted octanol–water partition coefficient (Wildman–Crippen LogP) is 2.31. The van der Waals surface area contributed by atoms with E-state index in [1.807, 2.05) is 6.20 Å². The summed E-state index contributed by atoms with van der Waals surface area (Å²) in [6.45, 7) is 3.90. The van der Waals surface area contributed by atoms with Crippen LogP contribution in [0, 0.1) is 11.7 Å². The van der Waals surface area contributed by atoms with Gasteiger partial charge >= 0.3 is 5.97 Å². The van der Waals surface area contributed by atoms with Gasteiger partial charge in [0.1, 0.15) is 11.4 Å². The molecule has 0 spiro atoms. The second kappa shape index (κ2) is 5.68. The first-order valence-corrected chi connectivity index (χ1v) is 7.62. The van der Waals surface area contributed by atoms with Crippen molar-refractivity contribution in [2.45, 2.75) is 32.3 Å². The summed E-state index contributed by atoms with van der Waals surface area (Å²) in [5.74, 6) is -1.30. The van der Waals surface area contributed by atoms with Gasteiger partial charge in [-0.25, -0.2) is 4.39 Å². The fraction of sp³-hybridized carbons (Fsp3) is 0.412. The number of halogens is 1. The van der Waals surface area contributed by atoms with Crippen molar-refractivity contribution in [2.75, 3.05) is 6.54 Å². The Kier molecular flexibility index (Phi) is 3.83. The van der Waals surface area contributed by atoms with Gasteiger partial charge in [-0.15, -0.1) is 0 Å². The van der Waals surface area contributed by atoms with Crippen molar-refractivity contribution in [2.24, 2.45) is 5.92 Å². The molecule has 122 valence electrons. The minimum Gasteiger partial charge on any atom is -0.459 e. The highest BCUT2D eigenvalue weighted by Crippen LogP contribution is 2.32. The van der Waals surface area contributed by atoms with Crippen LogP contribution in [0.15, 0.2) is 24.4 Å². The van der Waals surface area contributed by atoms with E-state index >= 15 is 0 Å². The summed E-state index contributed by atoms with van der Waals surface area (Å²) in [6.07, 6.45) is 2.51. The summed E-state index contributed by atoms with van der Waals surface area (Å²) in [5, 5.41) is 3.66. The Morgan fingerprint density at radius 1 is 1.48 bits per heavy atom. The van der Waals surface area contributed by atoms with Crippen molar-refractivity contribution in [3.05, 3.63) is 35.8 Å². The molecule has 5 nitrogen and oxygen atoms in total. The van der Waals surface area contributed by atoms with Gasteiger partial charge in [-0.05, 0) is 44.0 Å². The molecule has 23 heavy (non-hydrogen) atoms. The highest BCUT2D eigenvalue weighted by molar-refractivity contribution is 5.88. The van der Waals surface area contributed by atoms with Gasteiger partial charge in [-0.1, -0.05) is 0 Å². The molecular weight excluding hydrogens is 299 g/mol. The molecule has 0 aliphatic carbocycles. The smallest absolute Gasteiger partial charge is 0.307 e. The average Bonchev–Trinajstić information content (AvgIpc) is 2.98. The third-order valence-electron chi connectivity index (χ3n) is 4.33. The lowest BCUT2D eigenvalue weighted by Gasteiger charge is -2.23. The van der Waals surface area contributed by atoms with Gasteiger partial charge in [0.15, 0.2) is 0 Å². The zero-order valence-electron chi connectivity index (χ0n) is 13.1. The Labute approximate surface area is 133 Å². The molecule has 0 radical (unpaired) electrons. The SMILES string of the molecule is CC1(C)OC(=O)C[C@H]1C(=O)NCCc1c[nH]c2ccc(F)cc12. The maximum Gasteiger partial charge on any atom is 0.307 e. The number of cyclic esters (lactones) is 1. The predicted molar refractivity (Wildman–Crippen MR) is 83.2 cm³/mol.